The van der Waals surface area contributed by atoms with Crippen molar-refractivity contribution in [2.24, 2.45) is 10.7 Å². The predicted octanol–water partition coefficient (Wildman–Crippen LogP) is 1.22. The van der Waals surface area contributed by atoms with Crippen LogP contribution in [-0.2, 0) is 11.3 Å². The lowest BCUT2D eigenvalue weighted by atomic mass is 10.3. The molecule has 19 heavy (non-hydrogen) atoms. The summed E-state index contributed by atoms with van der Waals surface area (Å²) in [5, 5.41) is 5.72. The van der Waals surface area contributed by atoms with Gasteiger partial charge in [0.1, 0.15) is 5.82 Å². The van der Waals surface area contributed by atoms with Crippen molar-refractivity contribution in [3.63, 3.8) is 0 Å². The monoisotopic (exact) mass is 375 g/mol. The first-order valence-corrected chi connectivity index (χ1v) is 5.92. The molecule has 0 spiro atoms. The van der Waals surface area contributed by atoms with E-state index in [1.807, 2.05) is 6.07 Å². The lowest BCUT2D eigenvalue weighted by Gasteiger charge is -2.04. The first-order valence-electron chi connectivity index (χ1n) is 5.92. The zero-order valence-corrected chi connectivity index (χ0v) is 13.0. The molecule has 1 aromatic rings. The molecule has 1 heterocycles. The number of nitrogens with one attached hydrogen (secondary N) is 2. The molecule has 0 bridgehead atoms. The molecule has 1 amide bonds. The van der Waals surface area contributed by atoms with E-state index in [9.17, 15) is 4.79 Å². The zero-order chi connectivity index (χ0) is 13.0. The molecule has 104 valence electrons. The number of hydrogen-bond acceptors (Lipinski definition) is 3. The first-order chi connectivity index (χ1) is 8.63. The van der Waals surface area contributed by atoms with Gasteiger partial charge in [0.15, 0.2) is 5.96 Å². The van der Waals surface area contributed by atoms with E-state index in [0.717, 1.165) is 5.56 Å². The van der Waals surface area contributed by atoms with Crippen LogP contribution in [0.15, 0.2) is 23.3 Å². The number of anilines is 1. The van der Waals surface area contributed by atoms with E-state index >= 15 is 0 Å². The van der Waals surface area contributed by atoms with E-state index in [1.54, 1.807) is 12.3 Å². The fourth-order valence-electron chi connectivity index (χ4n) is 1.43. The van der Waals surface area contributed by atoms with Gasteiger partial charge in [0.25, 0.3) is 0 Å². The lowest BCUT2D eigenvalue weighted by molar-refractivity contribution is -0.114. The van der Waals surface area contributed by atoms with Crippen molar-refractivity contribution in [1.29, 1.82) is 0 Å². The summed E-state index contributed by atoms with van der Waals surface area (Å²) in [7, 11) is 0. The summed E-state index contributed by atoms with van der Waals surface area (Å²) in [6, 6.07) is 4.12. The third kappa shape index (κ3) is 5.86. The lowest BCUT2D eigenvalue weighted by Crippen LogP contribution is -2.33. The van der Waals surface area contributed by atoms with Crippen molar-refractivity contribution in [3.05, 3.63) is 23.9 Å². The summed E-state index contributed by atoms with van der Waals surface area (Å²) in [4.78, 5) is 19.2. The Morgan fingerprint density at radius 2 is 2.26 bits per heavy atom. The van der Waals surface area contributed by atoms with Gasteiger partial charge in [-0.25, -0.2) is 9.98 Å². The SMILES string of the molecule is CC(=O)Nc1ccc(CN=C(N)NC2CC2)cn1.I. The van der Waals surface area contributed by atoms with E-state index in [-0.39, 0.29) is 29.9 Å². The van der Waals surface area contributed by atoms with Crippen molar-refractivity contribution in [3.8, 4) is 0 Å². The largest absolute Gasteiger partial charge is 0.370 e. The van der Waals surface area contributed by atoms with Gasteiger partial charge in [0.05, 0.1) is 6.54 Å². The number of carbonyl (C=O) groups excluding carboxylic acids is 1. The number of nitrogens with two attached hydrogens (primary N) is 1. The minimum atomic E-state index is -0.133. The van der Waals surface area contributed by atoms with Gasteiger partial charge >= 0.3 is 0 Å². The van der Waals surface area contributed by atoms with E-state index in [4.69, 9.17) is 5.73 Å². The molecule has 0 unspecified atom stereocenters. The number of hydrogen-bond donors (Lipinski definition) is 3. The quantitative estimate of drug-likeness (QED) is 0.419. The molecule has 0 aliphatic heterocycles. The van der Waals surface area contributed by atoms with Crippen LogP contribution in [0.2, 0.25) is 0 Å². The standard InChI is InChI=1S/C12H17N5O.HI/c1-8(18)16-11-5-2-9(6-14-11)7-15-12(13)17-10-3-4-10;/h2,5-6,10H,3-4,7H2,1H3,(H3,13,15,17)(H,14,16,18);1H. The third-order valence-electron chi connectivity index (χ3n) is 2.49. The molecular formula is C12H18IN5O. The minimum absolute atomic E-state index is 0. The molecule has 4 N–H and O–H groups in total. The number of amides is 1. The Morgan fingerprint density at radius 3 is 2.79 bits per heavy atom. The van der Waals surface area contributed by atoms with Crippen molar-refractivity contribution in [2.75, 3.05) is 5.32 Å². The van der Waals surface area contributed by atoms with E-state index in [2.05, 4.69) is 20.6 Å². The third-order valence-corrected chi connectivity index (χ3v) is 2.49. The van der Waals surface area contributed by atoms with Crippen LogP contribution in [0.1, 0.15) is 25.3 Å². The molecule has 1 aliphatic carbocycles. The minimum Gasteiger partial charge on any atom is -0.370 e. The maximum absolute atomic E-state index is 10.8. The second kappa shape index (κ2) is 7.27. The smallest absolute Gasteiger partial charge is 0.222 e. The highest BCUT2D eigenvalue weighted by molar-refractivity contribution is 14.0. The molecule has 0 saturated heterocycles. The van der Waals surface area contributed by atoms with Crippen LogP contribution >= 0.6 is 24.0 Å². The average molecular weight is 375 g/mol. The van der Waals surface area contributed by atoms with Gasteiger partial charge in [-0.15, -0.1) is 24.0 Å². The molecule has 1 fully saturated rings. The molecule has 0 aromatic carbocycles. The number of carbonyl (C=O) groups is 1. The van der Waals surface area contributed by atoms with Gasteiger partial charge in [-0.3, -0.25) is 4.79 Å². The maximum Gasteiger partial charge on any atom is 0.222 e. The molecule has 2 rings (SSSR count). The van der Waals surface area contributed by atoms with Gasteiger partial charge in [-0.05, 0) is 24.5 Å². The van der Waals surface area contributed by atoms with Gasteiger partial charge in [-0.1, -0.05) is 6.07 Å². The molecule has 1 saturated carbocycles. The van der Waals surface area contributed by atoms with Crippen molar-refractivity contribution in [1.82, 2.24) is 10.3 Å². The summed E-state index contributed by atoms with van der Waals surface area (Å²) in [6.45, 7) is 1.93. The van der Waals surface area contributed by atoms with Crippen LogP contribution in [0.3, 0.4) is 0 Å². The van der Waals surface area contributed by atoms with Crippen LogP contribution in [0, 0.1) is 0 Å². The number of rotatable bonds is 4. The summed E-state index contributed by atoms with van der Waals surface area (Å²) >= 11 is 0. The van der Waals surface area contributed by atoms with Crippen molar-refractivity contribution < 1.29 is 4.79 Å². The van der Waals surface area contributed by atoms with Crippen molar-refractivity contribution in [2.45, 2.75) is 32.4 Å². The summed E-state index contributed by atoms with van der Waals surface area (Å²) in [5.74, 6) is 0.883. The van der Waals surface area contributed by atoms with E-state index < -0.39 is 0 Å². The Morgan fingerprint density at radius 1 is 1.53 bits per heavy atom. The number of guanidine groups is 1. The Labute approximate surface area is 129 Å². The normalized spacial score (nSPS) is 14.5. The Hall–Kier alpha value is -1.38. The van der Waals surface area contributed by atoms with Crippen LogP contribution in [-0.4, -0.2) is 22.9 Å². The second-order valence-corrected chi connectivity index (χ2v) is 4.35. The number of aromatic nitrogens is 1. The maximum atomic E-state index is 10.8. The highest BCUT2D eigenvalue weighted by Gasteiger charge is 2.21. The molecule has 1 aromatic heterocycles. The number of pyridine rings is 1. The number of aliphatic imine (C=N–C) groups is 1. The van der Waals surface area contributed by atoms with E-state index in [1.165, 1.54) is 19.8 Å². The van der Waals surface area contributed by atoms with Crippen LogP contribution in [0.25, 0.3) is 0 Å². The fourth-order valence-corrected chi connectivity index (χ4v) is 1.43. The van der Waals surface area contributed by atoms with Gasteiger partial charge < -0.3 is 16.4 Å². The highest BCUT2D eigenvalue weighted by atomic mass is 127. The summed E-state index contributed by atoms with van der Waals surface area (Å²) in [5.41, 5.74) is 6.67. The van der Waals surface area contributed by atoms with Gasteiger partial charge in [0.2, 0.25) is 5.91 Å². The highest BCUT2D eigenvalue weighted by Crippen LogP contribution is 2.18. The zero-order valence-electron chi connectivity index (χ0n) is 10.7. The topological polar surface area (TPSA) is 92.4 Å². The Balaban J connectivity index is 0.00000180. The number of halogens is 1. The van der Waals surface area contributed by atoms with Crippen molar-refractivity contribution >= 4 is 41.7 Å². The fraction of sp³-hybridized carbons (Fsp3) is 0.417. The first kappa shape index (κ1) is 15.7. The molecule has 1 aliphatic rings. The molecule has 7 heteroatoms. The molecule has 0 atom stereocenters. The molecule has 0 radical (unpaired) electrons. The average Bonchev–Trinajstić information content (AvgIpc) is 3.11. The predicted molar refractivity (Wildman–Crippen MR) is 85.4 cm³/mol. The number of nitrogens with zero attached hydrogens (tertiary/aromatic N) is 2. The Bertz CT molecular complexity index is 456. The Kier molecular flexibility index (Phi) is 6.00. The summed E-state index contributed by atoms with van der Waals surface area (Å²) < 4.78 is 0. The van der Waals surface area contributed by atoms with Crippen LogP contribution in [0.4, 0.5) is 5.82 Å². The van der Waals surface area contributed by atoms with Crippen LogP contribution in [0.5, 0.6) is 0 Å². The molecular weight excluding hydrogens is 357 g/mol. The van der Waals surface area contributed by atoms with Gasteiger partial charge in [0, 0.05) is 19.2 Å². The molecule has 6 nitrogen and oxygen atoms in total. The van der Waals surface area contributed by atoms with Crippen LogP contribution < -0.4 is 16.4 Å². The second-order valence-electron chi connectivity index (χ2n) is 4.35. The van der Waals surface area contributed by atoms with Gasteiger partial charge in [-0.2, -0.15) is 0 Å². The summed E-state index contributed by atoms with van der Waals surface area (Å²) in [6.07, 6.45) is 4.02. The van der Waals surface area contributed by atoms with E-state index in [0.29, 0.717) is 24.4 Å².